The Balaban J connectivity index is 1.88. The quantitative estimate of drug-likeness (QED) is 0.635. The van der Waals surface area contributed by atoms with Crippen LogP contribution in [-0.4, -0.2) is 51.7 Å². The SMILES string of the molecule is CC(C)(C)C(NC(=O)c1nn(CCCCC#N)c2cc(F)ccc12)C(=O)N1CNC(=O)C1. The standard InChI is InChI=1S/C22H27FN6O3/c1-22(2,3)19(21(32)28-12-17(30)25-13-28)26-20(31)18-15-8-7-14(23)11-16(15)29(27-18)10-6-4-5-9-24/h7-8,11,19H,4-6,10,12-13H2,1-3H3,(H,25,30)(H,26,31). The highest BCUT2D eigenvalue weighted by Crippen LogP contribution is 2.24. The summed E-state index contributed by atoms with van der Waals surface area (Å²) < 4.78 is 15.4. The summed E-state index contributed by atoms with van der Waals surface area (Å²) in [5.41, 5.74) is -0.0572. The number of halogens is 1. The average Bonchev–Trinajstić information content (AvgIpc) is 3.31. The molecule has 2 aromatic rings. The van der Waals surface area contributed by atoms with Crippen molar-refractivity contribution in [3.05, 3.63) is 29.7 Å². The van der Waals surface area contributed by atoms with Gasteiger partial charge < -0.3 is 15.5 Å². The molecular formula is C22H27FN6O3. The molecule has 1 aromatic carbocycles. The number of unbranched alkanes of at least 4 members (excludes halogenated alkanes) is 2. The van der Waals surface area contributed by atoms with E-state index in [1.165, 1.54) is 23.1 Å². The number of aromatic nitrogens is 2. The van der Waals surface area contributed by atoms with Gasteiger partial charge in [0.2, 0.25) is 11.8 Å². The number of aryl methyl sites for hydroxylation is 1. The average molecular weight is 442 g/mol. The first-order valence-electron chi connectivity index (χ1n) is 10.5. The molecule has 1 atom stereocenters. The lowest BCUT2D eigenvalue weighted by Crippen LogP contribution is -2.54. The van der Waals surface area contributed by atoms with Crippen LogP contribution >= 0.6 is 0 Å². The minimum Gasteiger partial charge on any atom is -0.338 e. The van der Waals surface area contributed by atoms with E-state index in [-0.39, 0.29) is 30.7 Å². The highest BCUT2D eigenvalue weighted by molar-refractivity contribution is 6.06. The third kappa shape index (κ3) is 5.04. The molecule has 1 aliphatic heterocycles. The van der Waals surface area contributed by atoms with Crippen LogP contribution in [0.15, 0.2) is 18.2 Å². The number of rotatable bonds is 7. The molecule has 1 saturated heterocycles. The summed E-state index contributed by atoms with van der Waals surface area (Å²) in [6.45, 7) is 5.94. The van der Waals surface area contributed by atoms with Gasteiger partial charge in [0.1, 0.15) is 18.4 Å². The van der Waals surface area contributed by atoms with Gasteiger partial charge in [-0.2, -0.15) is 10.4 Å². The minimum atomic E-state index is -0.890. The molecule has 10 heteroatoms. The lowest BCUT2D eigenvalue weighted by Gasteiger charge is -2.32. The summed E-state index contributed by atoms with van der Waals surface area (Å²) in [6, 6.07) is 5.26. The third-order valence-corrected chi connectivity index (χ3v) is 5.34. The highest BCUT2D eigenvalue weighted by atomic mass is 19.1. The molecule has 2 heterocycles. The van der Waals surface area contributed by atoms with Gasteiger partial charge in [-0.15, -0.1) is 0 Å². The van der Waals surface area contributed by atoms with Crippen LogP contribution in [-0.2, 0) is 16.1 Å². The number of nitriles is 1. The van der Waals surface area contributed by atoms with E-state index in [4.69, 9.17) is 5.26 Å². The predicted octanol–water partition coefficient (Wildman–Crippen LogP) is 1.93. The van der Waals surface area contributed by atoms with Crippen molar-refractivity contribution in [1.29, 1.82) is 5.26 Å². The van der Waals surface area contributed by atoms with E-state index in [1.807, 2.05) is 20.8 Å². The van der Waals surface area contributed by atoms with Gasteiger partial charge in [-0.1, -0.05) is 20.8 Å². The number of carbonyl (C=O) groups is 3. The number of hydrogen-bond donors (Lipinski definition) is 2. The van der Waals surface area contributed by atoms with Crippen molar-refractivity contribution in [2.24, 2.45) is 5.41 Å². The third-order valence-electron chi connectivity index (χ3n) is 5.34. The monoisotopic (exact) mass is 442 g/mol. The molecule has 0 spiro atoms. The van der Waals surface area contributed by atoms with Gasteiger partial charge in [-0.25, -0.2) is 4.39 Å². The van der Waals surface area contributed by atoms with Crippen LogP contribution in [0.4, 0.5) is 4.39 Å². The van der Waals surface area contributed by atoms with Gasteiger partial charge in [0.05, 0.1) is 18.3 Å². The molecule has 0 aliphatic carbocycles. The van der Waals surface area contributed by atoms with Crippen LogP contribution in [0.5, 0.6) is 0 Å². The molecule has 2 N–H and O–H groups in total. The first kappa shape index (κ1) is 23.2. The molecular weight excluding hydrogens is 415 g/mol. The molecule has 0 saturated carbocycles. The Morgan fingerprint density at radius 1 is 1.34 bits per heavy atom. The molecule has 3 amide bonds. The number of benzene rings is 1. The fraction of sp³-hybridized carbons (Fsp3) is 0.500. The number of carbonyl (C=O) groups excluding carboxylic acids is 3. The van der Waals surface area contributed by atoms with Crippen molar-refractivity contribution in [3.8, 4) is 6.07 Å². The van der Waals surface area contributed by atoms with E-state index in [2.05, 4.69) is 21.8 Å². The van der Waals surface area contributed by atoms with E-state index in [0.717, 1.165) is 0 Å². The number of fused-ring (bicyclic) bond motifs is 1. The van der Waals surface area contributed by atoms with Crippen molar-refractivity contribution in [2.75, 3.05) is 13.2 Å². The fourth-order valence-corrected chi connectivity index (χ4v) is 3.61. The lowest BCUT2D eigenvalue weighted by atomic mass is 9.85. The van der Waals surface area contributed by atoms with Gasteiger partial charge in [0.15, 0.2) is 5.69 Å². The van der Waals surface area contributed by atoms with Crippen LogP contribution in [0, 0.1) is 22.6 Å². The van der Waals surface area contributed by atoms with E-state index in [0.29, 0.717) is 36.7 Å². The second-order valence-corrected chi connectivity index (χ2v) is 8.92. The number of nitrogens with one attached hydrogen (secondary N) is 2. The zero-order valence-corrected chi connectivity index (χ0v) is 18.4. The summed E-state index contributed by atoms with van der Waals surface area (Å²) in [5.74, 6) is -1.61. The van der Waals surface area contributed by atoms with Crippen LogP contribution in [0.1, 0.15) is 50.5 Å². The Morgan fingerprint density at radius 3 is 2.72 bits per heavy atom. The van der Waals surface area contributed by atoms with Crippen molar-refractivity contribution in [3.63, 3.8) is 0 Å². The zero-order valence-electron chi connectivity index (χ0n) is 18.4. The summed E-state index contributed by atoms with van der Waals surface area (Å²) >= 11 is 0. The van der Waals surface area contributed by atoms with Crippen molar-refractivity contribution in [2.45, 2.75) is 52.6 Å². The lowest BCUT2D eigenvalue weighted by molar-refractivity contribution is -0.136. The van der Waals surface area contributed by atoms with E-state index in [9.17, 15) is 18.8 Å². The molecule has 1 aliphatic rings. The first-order chi connectivity index (χ1) is 15.1. The van der Waals surface area contributed by atoms with E-state index >= 15 is 0 Å². The molecule has 3 rings (SSSR count). The topological polar surface area (TPSA) is 120 Å². The maximum atomic E-state index is 13.9. The van der Waals surface area contributed by atoms with Gasteiger partial charge >= 0.3 is 0 Å². The number of hydrogen-bond acceptors (Lipinski definition) is 5. The summed E-state index contributed by atoms with van der Waals surface area (Å²) in [4.78, 5) is 39.1. The summed E-state index contributed by atoms with van der Waals surface area (Å²) in [6.07, 6.45) is 1.73. The van der Waals surface area contributed by atoms with E-state index in [1.54, 1.807) is 4.68 Å². The molecule has 9 nitrogen and oxygen atoms in total. The number of nitrogens with zero attached hydrogens (tertiary/aromatic N) is 4. The smallest absolute Gasteiger partial charge is 0.273 e. The predicted molar refractivity (Wildman–Crippen MR) is 115 cm³/mol. The maximum absolute atomic E-state index is 13.9. The summed E-state index contributed by atoms with van der Waals surface area (Å²) in [5, 5.41) is 18.9. The molecule has 1 fully saturated rings. The maximum Gasteiger partial charge on any atom is 0.273 e. The Labute approximate surface area is 185 Å². The van der Waals surface area contributed by atoms with Gasteiger partial charge in [0.25, 0.3) is 5.91 Å². The van der Waals surface area contributed by atoms with Gasteiger partial charge in [-0.05, 0) is 36.5 Å². The van der Waals surface area contributed by atoms with Crippen molar-refractivity contribution >= 4 is 28.6 Å². The summed E-state index contributed by atoms with van der Waals surface area (Å²) in [7, 11) is 0. The minimum absolute atomic E-state index is 0.0547. The van der Waals surface area contributed by atoms with E-state index < -0.39 is 23.2 Å². The first-order valence-corrected chi connectivity index (χ1v) is 10.5. The highest BCUT2D eigenvalue weighted by Gasteiger charge is 2.38. The van der Waals surface area contributed by atoms with Crippen LogP contribution < -0.4 is 10.6 Å². The second-order valence-electron chi connectivity index (χ2n) is 8.92. The van der Waals surface area contributed by atoms with Gasteiger partial charge in [0, 0.05) is 18.4 Å². The molecule has 1 unspecified atom stereocenters. The number of amides is 3. The normalized spacial score (nSPS) is 14.8. The Kier molecular flexibility index (Phi) is 6.77. The van der Waals surface area contributed by atoms with Crippen LogP contribution in [0.25, 0.3) is 10.9 Å². The Bertz CT molecular complexity index is 1080. The molecule has 0 radical (unpaired) electrons. The zero-order chi connectivity index (χ0) is 23.5. The molecule has 170 valence electrons. The van der Waals surface area contributed by atoms with Crippen molar-refractivity contribution in [1.82, 2.24) is 25.3 Å². The largest absolute Gasteiger partial charge is 0.338 e. The molecule has 1 aromatic heterocycles. The molecule has 0 bridgehead atoms. The van der Waals surface area contributed by atoms with Crippen LogP contribution in [0.3, 0.4) is 0 Å². The Hall–Kier alpha value is -3.48. The van der Waals surface area contributed by atoms with Gasteiger partial charge in [-0.3, -0.25) is 19.1 Å². The Morgan fingerprint density at radius 2 is 2.09 bits per heavy atom. The molecule has 32 heavy (non-hydrogen) atoms. The fourth-order valence-electron chi connectivity index (χ4n) is 3.61. The second kappa shape index (κ2) is 9.34. The van der Waals surface area contributed by atoms with Crippen LogP contribution in [0.2, 0.25) is 0 Å². The van der Waals surface area contributed by atoms with Crippen molar-refractivity contribution < 1.29 is 18.8 Å².